The van der Waals surface area contributed by atoms with Crippen LogP contribution in [-0.2, 0) is 60.8 Å². The molecule has 0 heterocycles. The minimum Gasteiger partial charge on any atom is -0.480 e. The van der Waals surface area contributed by atoms with Crippen molar-refractivity contribution < 1.29 is 72.1 Å². The maximum absolute atomic E-state index is 11.9. The number of carbonyl (C=O) groups is 6. The number of aliphatic hydroxyl groups excluding tert-OH is 1. The summed E-state index contributed by atoms with van der Waals surface area (Å²) in [5.74, 6) is -2.19. The van der Waals surface area contributed by atoms with Gasteiger partial charge in [0, 0.05) is 39.1 Å². The van der Waals surface area contributed by atoms with E-state index in [9.17, 15) is 28.8 Å². The molecular formula is C41H63N3O15. The van der Waals surface area contributed by atoms with Crippen LogP contribution in [0.25, 0.3) is 0 Å². The number of rotatable bonds is 20. The second-order valence-corrected chi connectivity index (χ2v) is 14.1. The van der Waals surface area contributed by atoms with Gasteiger partial charge in [-0.2, -0.15) is 0 Å². The summed E-state index contributed by atoms with van der Waals surface area (Å²) >= 11 is 0. The van der Waals surface area contributed by atoms with Crippen LogP contribution in [0.2, 0.25) is 0 Å². The number of benzene rings is 2. The molecule has 18 nitrogen and oxygen atoms in total. The molecule has 3 amide bonds. The lowest BCUT2D eigenvalue weighted by molar-refractivity contribution is -0.151. The van der Waals surface area contributed by atoms with Crippen molar-refractivity contribution >= 4 is 36.2 Å². The van der Waals surface area contributed by atoms with Crippen molar-refractivity contribution in [3.8, 4) is 0 Å². The van der Waals surface area contributed by atoms with Crippen LogP contribution >= 0.6 is 0 Å². The van der Waals surface area contributed by atoms with Gasteiger partial charge in [0.25, 0.3) is 0 Å². The fraction of sp³-hybridized carbons (Fsp3) is 0.561. The Kier molecular flexibility index (Phi) is 27.8. The summed E-state index contributed by atoms with van der Waals surface area (Å²) in [5, 5.41) is 24.9. The molecule has 2 rings (SSSR count). The van der Waals surface area contributed by atoms with Crippen LogP contribution in [0, 0.1) is 0 Å². The maximum atomic E-state index is 11.9. The number of nitrogens with one attached hydrogen (secondary N) is 3. The van der Waals surface area contributed by atoms with Gasteiger partial charge in [-0.1, -0.05) is 60.7 Å². The number of carbonyl (C=O) groups excluding carboxylic acids is 5. The summed E-state index contributed by atoms with van der Waals surface area (Å²) in [7, 11) is 2.44. The van der Waals surface area contributed by atoms with E-state index in [0.29, 0.717) is 26.2 Å². The monoisotopic (exact) mass is 837 g/mol. The van der Waals surface area contributed by atoms with E-state index in [1.165, 1.54) is 14.2 Å². The van der Waals surface area contributed by atoms with Crippen molar-refractivity contribution in [1.82, 2.24) is 16.0 Å². The van der Waals surface area contributed by atoms with E-state index >= 15 is 0 Å². The largest absolute Gasteiger partial charge is 0.480 e. The number of carboxylic acid groups (broad SMARTS) is 1. The third kappa shape index (κ3) is 28.6. The minimum absolute atomic E-state index is 0.0979. The predicted molar refractivity (Wildman–Crippen MR) is 215 cm³/mol. The lowest BCUT2D eigenvalue weighted by atomic mass is 10.2. The fourth-order valence-corrected chi connectivity index (χ4v) is 4.30. The standard InChI is InChI=1S/2C16H23NO5.C9H17NO5/c1-16(2,3)22-15(20)17-13(14(18)19)9-10-21-11-12-7-5-4-6-8-12;1-12(2)22-15(18)14(17-16(19)20-3)9-10-21-11-13-7-5-4-6-8-13;1-6(2)15-8(12)7(4-5-11)10-9(13)14-3/h4-8,13H,9-11H2,1-3H3,(H,17,20)(H,18,19);4-8,12,14H,9-11H2,1-3H3,(H,17,19);6-7,11H,4-5H2,1-3H3,(H,10,13)/t13-;14-;7-/m000/s1. The number of hydrogen-bond acceptors (Lipinski definition) is 14. The minimum atomic E-state index is -1.12. The van der Waals surface area contributed by atoms with Gasteiger partial charge in [-0.25, -0.2) is 28.8 Å². The molecule has 0 aliphatic heterocycles. The average Bonchev–Trinajstić information content (AvgIpc) is 3.16. The number of carboxylic acids is 1. The number of hydrogen-bond donors (Lipinski definition) is 5. The molecule has 332 valence electrons. The van der Waals surface area contributed by atoms with E-state index in [0.717, 1.165) is 11.1 Å². The molecule has 0 aliphatic rings. The smallest absolute Gasteiger partial charge is 0.408 e. The molecule has 18 heteroatoms. The van der Waals surface area contributed by atoms with Crippen LogP contribution in [0.15, 0.2) is 60.7 Å². The molecule has 0 saturated carbocycles. The molecule has 0 radical (unpaired) electrons. The molecule has 0 spiro atoms. The first-order valence-electron chi connectivity index (χ1n) is 19.0. The number of ether oxygens (including phenoxy) is 7. The van der Waals surface area contributed by atoms with Crippen molar-refractivity contribution in [1.29, 1.82) is 0 Å². The Morgan fingerprint density at radius 2 is 0.966 bits per heavy atom. The number of aliphatic carboxylic acids is 1. The van der Waals surface area contributed by atoms with Crippen molar-refractivity contribution in [2.45, 2.75) is 117 Å². The molecule has 0 saturated heterocycles. The van der Waals surface area contributed by atoms with Crippen molar-refractivity contribution in [3.63, 3.8) is 0 Å². The highest BCUT2D eigenvalue weighted by Crippen LogP contribution is 2.09. The van der Waals surface area contributed by atoms with Crippen LogP contribution in [0.5, 0.6) is 0 Å². The summed E-state index contributed by atoms with van der Waals surface area (Å²) in [4.78, 5) is 68.2. The lowest BCUT2D eigenvalue weighted by Crippen LogP contribution is -2.44. The summed E-state index contributed by atoms with van der Waals surface area (Å²) in [6.45, 7) is 13.2. The van der Waals surface area contributed by atoms with Crippen LogP contribution in [0.4, 0.5) is 14.4 Å². The Bertz CT molecular complexity index is 1500. The summed E-state index contributed by atoms with van der Waals surface area (Å²) in [5.41, 5.74) is 1.39. The SMILES string of the molecule is CC(C)(C)OC(=O)N[C@@H](CCOCc1ccccc1)C(=O)O.COC(=O)N[C@@H](CCO)C(=O)OC(C)C.COC(=O)N[C@@H](CCOCc1ccccc1)C(=O)OC(C)C. The molecule has 0 unspecified atom stereocenters. The number of aliphatic hydroxyl groups is 1. The fourth-order valence-electron chi connectivity index (χ4n) is 4.30. The van der Waals surface area contributed by atoms with Gasteiger partial charge in [0.05, 0.1) is 39.6 Å². The van der Waals surface area contributed by atoms with E-state index in [1.807, 2.05) is 60.7 Å². The topological polar surface area (TPSA) is 244 Å². The Hall–Kier alpha value is -5.46. The van der Waals surface area contributed by atoms with Crippen LogP contribution in [0.3, 0.4) is 0 Å². The average molecular weight is 838 g/mol. The Morgan fingerprint density at radius 1 is 0.593 bits per heavy atom. The lowest BCUT2D eigenvalue weighted by Gasteiger charge is -2.22. The number of methoxy groups -OCH3 is 2. The van der Waals surface area contributed by atoms with Gasteiger partial charge < -0.3 is 59.3 Å². The molecule has 3 atom stereocenters. The van der Waals surface area contributed by atoms with E-state index in [-0.39, 0.29) is 38.3 Å². The zero-order valence-electron chi connectivity index (χ0n) is 35.5. The second kappa shape index (κ2) is 30.6. The molecule has 0 bridgehead atoms. The van der Waals surface area contributed by atoms with Crippen molar-refractivity contribution in [2.24, 2.45) is 0 Å². The number of amides is 3. The first kappa shape index (κ1) is 53.5. The highest BCUT2D eigenvalue weighted by molar-refractivity contribution is 5.82. The quantitative estimate of drug-likeness (QED) is 0.0678. The van der Waals surface area contributed by atoms with Gasteiger partial charge >= 0.3 is 36.2 Å². The number of alkyl carbamates (subject to hydrolysis) is 3. The third-order valence-electron chi connectivity index (χ3n) is 6.96. The Labute approximate surface area is 346 Å². The molecule has 0 fully saturated rings. The van der Waals surface area contributed by atoms with Crippen LogP contribution < -0.4 is 16.0 Å². The molecule has 5 N–H and O–H groups in total. The van der Waals surface area contributed by atoms with E-state index in [4.69, 9.17) is 33.9 Å². The van der Waals surface area contributed by atoms with Gasteiger partial charge in [-0.15, -0.1) is 0 Å². The summed E-state index contributed by atoms with van der Waals surface area (Å²) in [6, 6.07) is 16.6. The van der Waals surface area contributed by atoms with E-state index in [1.54, 1.807) is 48.5 Å². The van der Waals surface area contributed by atoms with Gasteiger partial charge in [0.2, 0.25) is 0 Å². The zero-order chi connectivity index (χ0) is 44.8. The first-order chi connectivity index (χ1) is 27.8. The molecule has 59 heavy (non-hydrogen) atoms. The first-order valence-corrected chi connectivity index (χ1v) is 19.0. The Morgan fingerprint density at radius 3 is 1.31 bits per heavy atom. The van der Waals surface area contributed by atoms with Gasteiger partial charge in [-0.3, -0.25) is 0 Å². The molecule has 0 aromatic heterocycles. The highest BCUT2D eigenvalue weighted by atomic mass is 16.6. The predicted octanol–water partition coefficient (Wildman–Crippen LogP) is 4.89. The third-order valence-corrected chi connectivity index (χ3v) is 6.96. The maximum Gasteiger partial charge on any atom is 0.408 e. The molecule has 2 aromatic carbocycles. The van der Waals surface area contributed by atoms with Gasteiger partial charge in [-0.05, 0) is 59.6 Å². The van der Waals surface area contributed by atoms with Crippen molar-refractivity contribution in [2.75, 3.05) is 34.0 Å². The normalized spacial score (nSPS) is 12.1. The summed E-state index contributed by atoms with van der Waals surface area (Å²) in [6.07, 6.45) is -2.08. The van der Waals surface area contributed by atoms with E-state index < -0.39 is 59.9 Å². The number of esters is 2. The van der Waals surface area contributed by atoms with Gasteiger partial charge in [0.15, 0.2) is 0 Å². The van der Waals surface area contributed by atoms with Crippen molar-refractivity contribution in [3.05, 3.63) is 71.8 Å². The molecule has 0 aliphatic carbocycles. The molecule has 2 aromatic rings. The molecular weight excluding hydrogens is 774 g/mol. The highest BCUT2D eigenvalue weighted by Gasteiger charge is 2.25. The zero-order valence-corrected chi connectivity index (χ0v) is 35.5. The Balaban J connectivity index is 0.000000874. The van der Waals surface area contributed by atoms with Crippen LogP contribution in [-0.4, -0.2) is 116 Å². The van der Waals surface area contributed by atoms with E-state index in [2.05, 4.69) is 25.4 Å². The second-order valence-electron chi connectivity index (χ2n) is 14.1. The summed E-state index contributed by atoms with van der Waals surface area (Å²) < 4.78 is 34.8. The van der Waals surface area contributed by atoms with Crippen LogP contribution in [0.1, 0.15) is 78.9 Å². The van der Waals surface area contributed by atoms with Gasteiger partial charge in [0.1, 0.15) is 23.7 Å².